The minimum absolute atomic E-state index is 0.0520. The molecule has 168 valence electrons. The fourth-order valence-corrected chi connectivity index (χ4v) is 5.48. The van der Waals surface area contributed by atoms with Crippen LogP contribution in [0.5, 0.6) is 0 Å². The van der Waals surface area contributed by atoms with Crippen LogP contribution in [0.15, 0.2) is 38.3 Å². The van der Waals surface area contributed by atoms with E-state index in [1.807, 2.05) is 0 Å². The second kappa shape index (κ2) is 10.3. The van der Waals surface area contributed by atoms with Crippen LogP contribution in [0, 0.1) is 11.7 Å². The van der Waals surface area contributed by atoms with Crippen molar-refractivity contribution in [2.75, 3.05) is 19.6 Å². The summed E-state index contributed by atoms with van der Waals surface area (Å²) in [7, 11) is 0. The van der Waals surface area contributed by atoms with Gasteiger partial charge in [0.25, 0.3) is 5.56 Å². The maximum atomic E-state index is 13.5. The van der Waals surface area contributed by atoms with Crippen molar-refractivity contribution in [3.8, 4) is 0 Å². The first kappa shape index (κ1) is 22.5. The van der Waals surface area contributed by atoms with Crippen molar-refractivity contribution in [3.05, 3.63) is 66.7 Å². The SMILES string of the molecule is O=c1cc(CCN2CCC(Cc3cc(F)ccc3Br)CC2)[nH]c(=O)n1C1CCCCC1. The van der Waals surface area contributed by atoms with Gasteiger partial charge in [-0.05, 0) is 74.9 Å². The van der Waals surface area contributed by atoms with Crippen LogP contribution in [0.3, 0.4) is 0 Å². The largest absolute Gasteiger partial charge is 0.328 e. The minimum Gasteiger partial charge on any atom is -0.311 e. The van der Waals surface area contributed by atoms with Crippen molar-refractivity contribution >= 4 is 15.9 Å². The second-order valence-corrected chi connectivity index (χ2v) is 9.93. The summed E-state index contributed by atoms with van der Waals surface area (Å²) in [6.07, 6.45) is 8.92. The molecule has 2 aromatic rings. The number of aromatic nitrogens is 2. The van der Waals surface area contributed by atoms with Crippen LogP contribution >= 0.6 is 15.9 Å². The Labute approximate surface area is 190 Å². The van der Waals surface area contributed by atoms with Gasteiger partial charge in [0, 0.05) is 35.2 Å². The van der Waals surface area contributed by atoms with Crippen LogP contribution in [0.25, 0.3) is 0 Å². The smallest absolute Gasteiger partial charge is 0.311 e. The van der Waals surface area contributed by atoms with Gasteiger partial charge in [0.1, 0.15) is 5.82 Å². The molecule has 2 heterocycles. The van der Waals surface area contributed by atoms with E-state index in [-0.39, 0.29) is 23.1 Å². The molecule has 0 radical (unpaired) electrons. The van der Waals surface area contributed by atoms with E-state index in [9.17, 15) is 14.0 Å². The normalized spacial score (nSPS) is 19.0. The van der Waals surface area contributed by atoms with E-state index >= 15 is 0 Å². The average Bonchev–Trinajstić information content (AvgIpc) is 2.76. The van der Waals surface area contributed by atoms with Crippen molar-refractivity contribution < 1.29 is 4.39 Å². The molecule has 2 aliphatic rings. The van der Waals surface area contributed by atoms with E-state index in [0.29, 0.717) is 12.3 Å². The van der Waals surface area contributed by atoms with E-state index < -0.39 is 0 Å². The van der Waals surface area contributed by atoms with Gasteiger partial charge >= 0.3 is 5.69 Å². The summed E-state index contributed by atoms with van der Waals surface area (Å²) in [6.45, 7) is 2.81. The van der Waals surface area contributed by atoms with Crippen molar-refractivity contribution in [2.45, 2.75) is 63.8 Å². The van der Waals surface area contributed by atoms with Crippen LogP contribution < -0.4 is 11.2 Å². The zero-order valence-corrected chi connectivity index (χ0v) is 19.5. The number of halogens is 2. The topological polar surface area (TPSA) is 58.1 Å². The lowest BCUT2D eigenvalue weighted by Crippen LogP contribution is -2.40. The highest BCUT2D eigenvalue weighted by atomic mass is 79.9. The molecule has 0 unspecified atom stereocenters. The summed E-state index contributed by atoms with van der Waals surface area (Å²) in [4.78, 5) is 30.5. The molecule has 0 bridgehead atoms. The molecule has 0 amide bonds. The first-order valence-corrected chi connectivity index (χ1v) is 12.3. The molecule has 7 heteroatoms. The summed E-state index contributed by atoms with van der Waals surface area (Å²) in [6, 6.07) is 6.56. The molecule has 1 saturated carbocycles. The molecule has 31 heavy (non-hydrogen) atoms. The lowest BCUT2D eigenvalue weighted by molar-refractivity contribution is 0.185. The first-order chi connectivity index (χ1) is 15.0. The quantitative estimate of drug-likeness (QED) is 0.649. The van der Waals surface area contributed by atoms with E-state index in [4.69, 9.17) is 0 Å². The minimum atomic E-state index is -0.256. The number of likely N-dealkylation sites (tertiary alicyclic amines) is 1. The highest BCUT2D eigenvalue weighted by Gasteiger charge is 2.22. The van der Waals surface area contributed by atoms with Crippen LogP contribution in [0.4, 0.5) is 4.39 Å². The Bertz CT molecular complexity index is 973. The number of nitrogens with one attached hydrogen (secondary N) is 1. The van der Waals surface area contributed by atoms with Crippen LogP contribution in [0.2, 0.25) is 0 Å². The van der Waals surface area contributed by atoms with Gasteiger partial charge in [0.15, 0.2) is 0 Å². The maximum absolute atomic E-state index is 13.5. The van der Waals surface area contributed by atoms with Gasteiger partial charge in [0.05, 0.1) is 0 Å². The Morgan fingerprint density at radius 3 is 2.48 bits per heavy atom. The number of aromatic amines is 1. The lowest BCUT2D eigenvalue weighted by atomic mass is 9.90. The molecule has 1 aromatic carbocycles. The molecule has 2 fully saturated rings. The third kappa shape index (κ3) is 5.75. The Hall–Kier alpha value is -1.73. The van der Waals surface area contributed by atoms with Gasteiger partial charge in [-0.1, -0.05) is 35.2 Å². The summed E-state index contributed by atoms with van der Waals surface area (Å²) >= 11 is 3.53. The molecule has 5 nitrogen and oxygen atoms in total. The summed E-state index contributed by atoms with van der Waals surface area (Å²) < 4.78 is 15.9. The highest BCUT2D eigenvalue weighted by molar-refractivity contribution is 9.10. The van der Waals surface area contributed by atoms with Crippen molar-refractivity contribution in [1.82, 2.24) is 14.5 Å². The number of benzene rings is 1. The van der Waals surface area contributed by atoms with Crippen LogP contribution in [-0.4, -0.2) is 34.1 Å². The van der Waals surface area contributed by atoms with Gasteiger partial charge in [-0.2, -0.15) is 0 Å². The maximum Gasteiger partial charge on any atom is 0.328 e. The molecule has 1 aliphatic heterocycles. The number of rotatable bonds is 6. The number of nitrogens with zero attached hydrogens (tertiary/aromatic N) is 2. The number of piperidine rings is 1. The zero-order chi connectivity index (χ0) is 21.8. The fraction of sp³-hybridized carbons (Fsp3) is 0.583. The number of hydrogen-bond donors (Lipinski definition) is 1. The Balaban J connectivity index is 1.29. The molecular weight excluding hydrogens is 461 g/mol. The Kier molecular flexibility index (Phi) is 7.43. The van der Waals surface area contributed by atoms with Gasteiger partial charge in [-0.25, -0.2) is 9.18 Å². The Morgan fingerprint density at radius 1 is 1.03 bits per heavy atom. The van der Waals surface area contributed by atoms with Crippen molar-refractivity contribution in [3.63, 3.8) is 0 Å². The van der Waals surface area contributed by atoms with Crippen molar-refractivity contribution in [1.29, 1.82) is 0 Å². The molecule has 1 saturated heterocycles. The third-order valence-corrected chi connectivity index (χ3v) is 7.66. The number of hydrogen-bond acceptors (Lipinski definition) is 3. The van der Waals surface area contributed by atoms with Crippen LogP contribution in [0.1, 0.15) is 62.2 Å². The number of H-pyrrole nitrogens is 1. The zero-order valence-electron chi connectivity index (χ0n) is 17.9. The monoisotopic (exact) mass is 491 g/mol. The summed E-state index contributed by atoms with van der Waals surface area (Å²) in [5.74, 6) is 0.364. The van der Waals surface area contributed by atoms with E-state index in [1.54, 1.807) is 18.2 Å². The molecule has 0 spiro atoms. The molecule has 0 atom stereocenters. The highest BCUT2D eigenvalue weighted by Crippen LogP contribution is 2.27. The van der Waals surface area contributed by atoms with Gasteiger partial charge in [-0.3, -0.25) is 9.36 Å². The molecule has 1 aliphatic carbocycles. The predicted molar refractivity (Wildman–Crippen MR) is 124 cm³/mol. The van der Waals surface area contributed by atoms with Gasteiger partial charge in [0.2, 0.25) is 0 Å². The summed E-state index contributed by atoms with van der Waals surface area (Å²) in [5.41, 5.74) is 1.35. The summed E-state index contributed by atoms with van der Waals surface area (Å²) in [5, 5.41) is 0. The van der Waals surface area contributed by atoms with Gasteiger partial charge < -0.3 is 9.88 Å². The van der Waals surface area contributed by atoms with E-state index in [2.05, 4.69) is 25.8 Å². The van der Waals surface area contributed by atoms with E-state index in [1.165, 1.54) is 17.1 Å². The first-order valence-electron chi connectivity index (χ1n) is 11.5. The molecular formula is C24H31BrFN3O2. The van der Waals surface area contributed by atoms with E-state index in [0.717, 1.165) is 80.3 Å². The Morgan fingerprint density at radius 2 is 1.77 bits per heavy atom. The van der Waals surface area contributed by atoms with Gasteiger partial charge in [-0.15, -0.1) is 0 Å². The standard InChI is InChI=1S/C24H31BrFN3O2/c25-22-7-6-19(26)15-18(22)14-17-8-11-28(12-9-17)13-10-20-16-23(30)29(24(31)27-20)21-4-2-1-3-5-21/h6-7,15-17,21H,1-5,8-14H2,(H,27,31). The van der Waals surface area contributed by atoms with Crippen molar-refractivity contribution in [2.24, 2.45) is 5.92 Å². The lowest BCUT2D eigenvalue weighted by Gasteiger charge is -2.32. The average molecular weight is 492 g/mol. The molecule has 1 N–H and O–H groups in total. The molecule has 1 aromatic heterocycles. The predicted octanol–water partition coefficient (Wildman–Crippen LogP) is 4.44. The second-order valence-electron chi connectivity index (χ2n) is 9.07. The van der Waals surface area contributed by atoms with Crippen LogP contribution in [-0.2, 0) is 12.8 Å². The fourth-order valence-electron chi connectivity index (χ4n) is 5.08. The molecule has 4 rings (SSSR count). The third-order valence-electron chi connectivity index (χ3n) is 6.88.